The van der Waals surface area contributed by atoms with Gasteiger partial charge in [-0.05, 0) is 48.0 Å². The van der Waals surface area contributed by atoms with Crippen molar-refractivity contribution >= 4 is 23.3 Å². The molecule has 3 aromatic carbocycles. The van der Waals surface area contributed by atoms with Gasteiger partial charge in [-0.25, -0.2) is 4.79 Å². The predicted octanol–water partition coefficient (Wildman–Crippen LogP) is 4.80. The van der Waals surface area contributed by atoms with Crippen LogP contribution in [0.2, 0.25) is 0 Å². The fourth-order valence-corrected chi connectivity index (χ4v) is 3.78. The quantitative estimate of drug-likeness (QED) is 0.403. The van der Waals surface area contributed by atoms with E-state index >= 15 is 0 Å². The van der Waals surface area contributed by atoms with Gasteiger partial charge in [0.1, 0.15) is 19.0 Å². The maximum Gasteiger partial charge on any atom is 0.338 e. The summed E-state index contributed by atoms with van der Waals surface area (Å²) < 4.78 is 11.5. The molecule has 6 heteroatoms. The van der Waals surface area contributed by atoms with Crippen molar-refractivity contribution in [3.05, 3.63) is 113 Å². The van der Waals surface area contributed by atoms with E-state index < -0.39 is 6.04 Å². The van der Waals surface area contributed by atoms with Gasteiger partial charge in [-0.2, -0.15) is 0 Å². The van der Waals surface area contributed by atoms with Gasteiger partial charge in [-0.15, -0.1) is 0 Å². The van der Waals surface area contributed by atoms with Gasteiger partial charge in [0.25, 0.3) is 0 Å². The summed E-state index contributed by atoms with van der Waals surface area (Å²) in [6, 6.07) is 26.9. The zero-order chi connectivity index (χ0) is 22.3. The summed E-state index contributed by atoms with van der Waals surface area (Å²) in [4.78, 5) is 13.0. The summed E-state index contributed by atoms with van der Waals surface area (Å²) in [7, 11) is 0. The first kappa shape index (κ1) is 21.6. The van der Waals surface area contributed by atoms with Crippen LogP contribution in [0.4, 0.5) is 0 Å². The minimum absolute atomic E-state index is 0.208. The van der Waals surface area contributed by atoms with Crippen molar-refractivity contribution in [1.29, 1.82) is 0 Å². The molecule has 1 aliphatic heterocycles. The number of carbonyl (C=O) groups is 1. The third kappa shape index (κ3) is 5.34. The van der Waals surface area contributed by atoms with E-state index in [0.717, 1.165) is 22.4 Å². The molecule has 3 aromatic rings. The molecule has 1 heterocycles. The molecule has 5 nitrogen and oxygen atoms in total. The predicted molar refractivity (Wildman–Crippen MR) is 128 cm³/mol. The third-order valence-corrected chi connectivity index (χ3v) is 5.38. The van der Waals surface area contributed by atoms with E-state index in [1.807, 2.05) is 91.9 Å². The highest BCUT2D eigenvalue weighted by Gasteiger charge is 2.31. The van der Waals surface area contributed by atoms with Crippen molar-refractivity contribution in [2.45, 2.75) is 26.2 Å². The SMILES string of the molecule is CC1=C(C(=O)OCc2ccccc2)[C@@H](c2ccc(OCc3ccccc3)cc2)NC(=S)N1. The number of hydrogen-bond acceptors (Lipinski definition) is 4. The molecule has 0 radical (unpaired) electrons. The van der Waals surface area contributed by atoms with E-state index in [1.165, 1.54) is 0 Å². The number of allylic oxidation sites excluding steroid dienone is 1. The van der Waals surface area contributed by atoms with Crippen molar-refractivity contribution in [1.82, 2.24) is 10.6 Å². The Morgan fingerprint density at radius 3 is 2.09 bits per heavy atom. The van der Waals surface area contributed by atoms with Gasteiger partial charge in [0.05, 0.1) is 11.6 Å². The molecular weight excluding hydrogens is 420 g/mol. The molecule has 2 N–H and O–H groups in total. The maximum absolute atomic E-state index is 13.0. The summed E-state index contributed by atoms with van der Waals surface area (Å²) in [5, 5.41) is 6.69. The Kier molecular flexibility index (Phi) is 6.82. The second-order valence-corrected chi connectivity index (χ2v) is 7.88. The van der Waals surface area contributed by atoms with E-state index in [-0.39, 0.29) is 12.6 Å². The van der Waals surface area contributed by atoms with Crippen LogP contribution in [0.3, 0.4) is 0 Å². The van der Waals surface area contributed by atoms with Crippen molar-refractivity contribution in [3.8, 4) is 5.75 Å². The van der Waals surface area contributed by atoms with Crippen LogP contribution >= 0.6 is 12.2 Å². The molecular formula is C26H24N2O3S. The van der Waals surface area contributed by atoms with Crippen molar-refractivity contribution in [2.24, 2.45) is 0 Å². The van der Waals surface area contributed by atoms with E-state index in [2.05, 4.69) is 10.6 Å². The Morgan fingerprint density at radius 1 is 0.875 bits per heavy atom. The number of thiocarbonyl (C=S) groups is 1. The van der Waals surface area contributed by atoms with Crippen LogP contribution in [0.15, 0.2) is 96.2 Å². The lowest BCUT2D eigenvalue weighted by atomic mass is 9.95. The largest absolute Gasteiger partial charge is 0.489 e. The number of nitrogens with one attached hydrogen (secondary N) is 2. The number of carbonyl (C=O) groups excluding carboxylic acids is 1. The zero-order valence-corrected chi connectivity index (χ0v) is 18.5. The van der Waals surface area contributed by atoms with Crippen LogP contribution < -0.4 is 15.4 Å². The third-order valence-electron chi connectivity index (χ3n) is 5.16. The Balaban J connectivity index is 1.47. The molecule has 0 saturated carbocycles. The summed E-state index contributed by atoms with van der Waals surface area (Å²) in [5.41, 5.74) is 4.12. The van der Waals surface area contributed by atoms with Gasteiger partial charge in [0.2, 0.25) is 0 Å². The molecule has 0 spiro atoms. The van der Waals surface area contributed by atoms with E-state index in [4.69, 9.17) is 21.7 Å². The molecule has 0 aromatic heterocycles. The van der Waals surface area contributed by atoms with Gasteiger partial charge in [-0.3, -0.25) is 0 Å². The number of benzene rings is 3. The van der Waals surface area contributed by atoms with Crippen LogP contribution in [0, 0.1) is 0 Å². The summed E-state index contributed by atoms with van der Waals surface area (Å²) >= 11 is 5.33. The Hall–Kier alpha value is -3.64. The van der Waals surface area contributed by atoms with Gasteiger partial charge >= 0.3 is 5.97 Å². The van der Waals surface area contributed by atoms with Crippen LogP contribution in [0.5, 0.6) is 5.75 Å². The topological polar surface area (TPSA) is 59.6 Å². The monoisotopic (exact) mass is 444 g/mol. The number of rotatable bonds is 7. The molecule has 0 unspecified atom stereocenters. The summed E-state index contributed by atoms with van der Waals surface area (Å²) in [6.45, 7) is 2.53. The molecule has 1 aliphatic rings. The fourth-order valence-electron chi connectivity index (χ4n) is 3.51. The first-order valence-electron chi connectivity index (χ1n) is 10.4. The number of esters is 1. The van der Waals surface area contributed by atoms with Crippen molar-refractivity contribution < 1.29 is 14.3 Å². The van der Waals surface area contributed by atoms with Gasteiger partial charge in [0, 0.05) is 5.70 Å². The lowest BCUT2D eigenvalue weighted by molar-refractivity contribution is -0.140. The van der Waals surface area contributed by atoms with Crippen LogP contribution in [-0.2, 0) is 22.7 Å². The number of ether oxygens (including phenoxy) is 2. The maximum atomic E-state index is 13.0. The van der Waals surface area contributed by atoms with Crippen molar-refractivity contribution in [2.75, 3.05) is 0 Å². The highest BCUT2D eigenvalue weighted by atomic mass is 32.1. The van der Waals surface area contributed by atoms with Crippen LogP contribution in [0.25, 0.3) is 0 Å². The second kappa shape index (κ2) is 10.1. The second-order valence-electron chi connectivity index (χ2n) is 7.48. The average Bonchev–Trinajstić information content (AvgIpc) is 2.82. The first-order valence-corrected chi connectivity index (χ1v) is 10.8. The lowest BCUT2D eigenvalue weighted by Gasteiger charge is -2.30. The molecule has 0 aliphatic carbocycles. The fraction of sp³-hybridized carbons (Fsp3) is 0.154. The van der Waals surface area contributed by atoms with Gasteiger partial charge < -0.3 is 20.1 Å². The molecule has 0 amide bonds. The molecule has 1 atom stereocenters. The Labute approximate surface area is 193 Å². The Morgan fingerprint density at radius 2 is 1.47 bits per heavy atom. The molecule has 32 heavy (non-hydrogen) atoms. The van der Waals surface area contributed by atoms with E-state index in [9.17, 15) is 4.79 Å². The molecule has 162 valence electrons. The van der Waals surface area contributed by atoms with E-state index in [0.29, 0.717) is 23.0 Å². The first-order chi connectivity index (χ1) is 15.6. The summed E-state index contributed by atoms with van der Waals surface area (Å²) in [6.07, 6.45) is 0. The molecule has 0 fully saturated rings. The van der Waals surface area contributed by atoms with Gasteiger partial charge in [0.15, 0.2) is 5.11 Å². The highest BCUT2D eigenvalue weighted by molar-refractivity contribution is 7.80. The zero-order valence-electron chi connectivity index (χ0n) is 17.7. The summed E-state index contributed by atoms with van der Waals surface area (Å²) in [5.74, 6) is 0.367. The standard InChI is InChI=1S/C26H24N2O3S/c1-18-23(25(29)31-17-20-10-6-3-7-11-20)24(28-26(32)27-18)21-12-14-22(15-13-21)30-16-19-8-4-2-5-9-19/h2-15,24H,16-17H2,1H3,(H2,27,28,32)/t24-/m1/s1. The lowest BCUT2D eigenvalue weighted by Crippen LogP contribution is -2.45. The molecule has 0 bridgehead atoms. The highest BCUT2D eigenvalue weighted by Crippen LogP contribution is 2.29. The number of hydrogen-bond donors (Lipinski definition) is 2. The normalized spacial score (nSPS) is 15.5. The minimum atomic E-state index is -0.407. The van der Waals surface area contributed by atoms with Crippen LogP contribution in [-0.4, -0.2) is 11.1 Å². The minimum Gasteiger partial charge on any atom is -0.489 e. The van der Waals surface area contributed by atoms with Gasteiger partial charge in [-0.1, -0.05) is 72.8 Å². The molecule has 4 rings (SSSR count). The van der Waals surface area contributed by atoms with E-state index in [1.54, 1.807) is 0 Å². The molecule has 0 saturated heterocycles. The average molecular weight is 445 g/mol. The van der Waals surface area contributed by atoms with Crippen molar-refractivity contribution in [3.63, 3.8) is 0 Å². The Bertz CT molecular complexity index is 1110. The van der Waals surface area contributed by atoms with Crippen LogP contribution in [0.1, 0.15) is 29.7 Å². The smallest absolute Gasteiger partial charge is 0.338 e.